The molecule has 1 saturated carbocycles. The first-order chi connectivity index (χ1) is 18.7. The molecule has 0 saturated heterocycles. The number of sulfonamides is 1. The fourth-order valence-corrected chi connectivity index (χ4v) is 7.90. The van der Waals surface area contributed by atoms with Gasteiger partial charge < -0.3 is 14.7 Å². The maximum absolute atomic E-state index is 13.0. The molecule has 4 atom stereocenters. The molecule has 0 unspecified atom stereocenters. The zero-order valence-corrected chi connectivity index (χ0v) is 23.5. The summed E-state index contributed by atoms with van der Waals surface area (Å²) in [6.07, 6.45) is 9.01. The summed E-state index contributed by atoms with van der Waals surface area (Å²) in [6.45, 7) is 2.09. The molecule has 208 valence electrons. The van der Waals surface area contributed by atoms with Crippen LogP contribution in [0, 0.1) is 11.8 Å². The standard InChI is InChI=1S/C30H35ClN2O5S/c31-24-9-11-26-21(15-24)3-1-13-30(26)18-33-17-23-6-5-20(23)7-10-25(34)4-2-14-39(36,37)32-29(35)22-8-12-28(38-19-30)27(33)16-22/h2,4,8-9,11-12,15-16,20,23,25,34H,1,3,5-7,10,13-14,17-19H2,(H,32,35)/b4-2+/t20-,23-,25-,30-/m0/s1. The third kappa shape index (κ3) is 5.43. The fraction of sp³-hybridized carbons (Fsp3) is 0.500. The number of halogens is 1. The Bertz CT molecular complexity index is 1410. The van der Waals surface area contributed by atoms with E-state index in [1.54, 1.807) is 18.2 Å². The minimum Gasteiger partial charge on any atom is -0.490 e. The lowest BCUT2D eigenvalue weighted by Crippen LogP contribution is -2.48. The fourth-order valence-electron chi connectivity index (χ4n) is 6.86. The van der Waals surface area contributed by atoms with E-state index >= 15 is 0 Å². The SMILES string of the molecule is O=C1NS(=O)(=O)C/C=C/[C@H](O)CC[C@@H]2CC[C@H]2CN2C[C@@]3(CCCc4cc(Cl)ccc43)COc3ccc1cc32. The number of anilines is 1. The largest absolute Gasteiger partial charge is 0.490 e. The summed E-state index contributed by atoms with van der Waals surface area (Å²) in [7, 11) is -3.89. The molecule has 2 heterocycles. The molecule has 2 bridgehead atoms. The Hall–Kier alpha value is -2.55. The van der Waals surface area contributed by atoms with Crippen molar-refractivity contribution in [3.63, 3.8) is 0 Å². The van der Waals surface area contributed by atoms with Crippen molar-refractivity contribution in [3.8, 4) is 5.75 Å². The molecule has 6 rings (SSSR count). The number of amides is 1. The number of ether oxygens (including phenoxy) is 1. The summed E-state index contributed by atoms with van der Waals surface area (Å²) in [6, 6.07) is 11.4. The summed E-state index contributed by atoms with van der Waals surface area (Å²) >= 11 is 6.36. The van der Waals surface area contributed by atoms with E-state index in [-0.39, 0.29) is 16.7 Å². The van der Waals surface area contributed by atoms with Gasteiger partial charge in [-0.1, -0.05) is 29.8 Å². The zero-order valence-electron chi connectivity index (χ0n) is 21.9. The topological polar surface area (TPSA) is 95.9 Å². The predicted octanol–water partition coefficient (Wildman–Crippen LogP) is 4.61. The number of aliphatic hydroxyl groups excluding tert-OH is 1. The normalized spacial score (nSPS) is 31.1. The number of benzene rings is 2. The second-order valence-corrected chi connectivity index (χ2v) is 13.9. The molecule has 0 aromatic heterocycles. The molecule has 4 aliphatic rings. The molecule has 0 radical (unpaired) electrons. The van der Waals surface area contributed by atoms with Crippen molar-refractivity contribution in [2.24, 2.45) is 11.8 Å². The number of rotatable bonds is 0. The van der Waals surface area contributed by atoms with Gasteiger partial charge in [-0.2, -0.15) is 0 Å². The highest BCUT2D eigenvalue weighted by atomic mass is 35.5. The second-order valence-electron chi connectivity index (χ2n) is 11.7. The van der Waals surface area contributed by atoms with Gasteiger partial charge in [-0.25, -0.2) is 13.1 Å². The Morgan fingerprint density at radius 3 is 2.72 bits per heavy atom. The maximum atomic E-state index is 13.0. The second kappa shape index (κ2) is 10.5. The van der Waals surface area contributed by atoms with Crippen molar-refractivity contribution < 1.29 is 23.1 Å². The Kier molecular flexibility index (Phi) is 7.14. The van der Waals surface area contributed by atoms with Crippen LogP contribution in [0.3, 0.4) is 0 Å². The van der Waals surface area contributed by atoms with Crippen LogP contribution in [-0.2, 0) is 21.9 Å². The van der Waals surface area contributed by atoms with Gasteiger partial charge in [0.05, 0.1) is 24.2 Å². The number of nitrogens with one attached hydrogen (secondary N) is 1. The van der Waals surface area contributed by atoms with Gasteiger partial charge in [0.15, 0.2) is 0 Å². The Morgan fingerprint density at radius 1 is 1.08 bits per heavy atom. The van der Waals surface area contributed by atoms with Gasteiger partial charge in [-0.05, 0) is 98.2 Å². The summed E-state index contributed by atoms with van der Waals surface area (Å²) in [5.74, 6) is 0.647. The summed E-state index contributed by atoms with van der Waals surface area (Å²) in [4.78, 5) is 15.4. The van der Waals surface area contributed by atoms with Crippen molar-refractivity contribution in [2.75, 3.05) is 30.3 Å². The van der Waals surface area contributed by atoms with E-state index in [9.17, 15) is 18.3 Å². The molecule has 2 aliphatic carbocycles. The van der Waals surface area contributed by atoms with Crippen molar-refractivity contribution in [1.82, 2.24) is 4.72 Å². The minimum absolute atomic E-state index is 0.218. The van der Waals surface area contributed by atoms with Crippen molar-refractivity contribution >= 4 is 33.2 Å². The van der Waals surface area contributed by atoms with Gasteiger partial charge >= 0.3 is 0 Å². The number of aliphatic hydroxyl groups is 1. The minimum atomic E-state index is -3.89. The summed E-state index contributed by atoms with van der Waals surface area (Å²) in [5.41, 5.74) is 3.44. The molecular weight excluding hydrogens is 536 g/mol. The van der Waals surface area contributed by atoms with Gasteiger partial charge in [-0.15, -0.1) is 0 Å². The zero-order chi connectivity index (χ0) is 27.2. The Labute approximate surface area is 235 Å². The number of carbonyl (C=O) groups excluding carboxylic acids is 1. The number of aryl methyl sites for hydroxylation is 1. The van der Waals surface area contributed by atoms with Crippen LogP contribution in [0.2, 0.25) is 5.02 Å². The molecule has 1 spiro atoms. The van der Waals surface area contributed by atoms with Crippen LogP contribution in [0.25, 0.3) is 0 Å². The first-order valence-electron chi connectivity index (χ1n) is 13.9. The maximum Gasteiger partial charge on any atom is 0.264 e. The lowest BCUT2D eigenvalue weighted by molar-refractivity contribution is 0.0981. The molecule has 1 amide bonds. The number of nitrogens with zero attached hydrogens (tertiary/aromatic N) is 1. The molecule has 39 heavy (non-hydrogen) atoms. The van der Waals surface area contributed by atoms with Crippen LogP contribution >= 0.6 is 11.6 Å². The van der Waals surface area contributed by atoms with Crippen LogP contribution in [-0.4, -0.2) is 51.0 Å². The van der Waals surface area contributed by atoms with E-state index in [1.807, 2.05) is 6.07 Å². The molecule has 2 aliphatic heterocycles. The van der Waals surface area contributed by atoms with E-state index in [4.69, 9.17) is 16.3 Å². The van der Waals surface area contributed by atoms with Crippen LogP contribution in [0.15, 0.2) is 48.6 Å². The highest BCUT2D eigenvalue weighted by Gasteiger charge is 2.43. The first-order valence-corrected chi connectivity index (χ1v) is 15.9. The van der Waals surface area contributed by atoms with Crippen LogP contribution < -0.4 is 14.4 Å². The van der Waals surface area contributed by atoms with E-state index in [2.05, 4.69) is 21.8 Å². The summed E-state index contributed by atoms with van der Waals surface area (Å²) in [5, 5.41) is 11.2. The van der Waals surface area contributed by atoms with Crippen LogP contribution in [0.4, 0.5) is 5.69 Å². The quantitative estimate of drug-likeness (QED) is 0.449. The lowest BCUT2D eigenvalue weighted by Gasteiger charge is -2.44. The van der Waals surface area contributed by atoms with Gasteiger partial charge in [0, 0.05) is 29.1 Å². The van der Waals surface area contributed by atoms with E-state index in [1.165, 1.54) is 23.3 Å². The van der Waals surface area contributed by atoms with Gasteiger partial charge in [0.25, 0.3) is 5.91 Å². The molecule has 1 fully saturated rings. The molecular formula is C30H35ClN2O5S. The lowest BCUT2D eigenvalue weighted by atomic mass is 9.68. The van der Waals surface area contributed by atoms with Gasteiger partial charge in [0.1, 0.15) is 5.75 Å². The third-order valence-corrected chi connectivity index (χ3v) is 10.4. The van der Waals surface area contributed by atoms with Gasteiger partial charge in [0.2, 0.25) is 10.0 Å². The van der Waals surface area contributed by atoms with E-state index in [0.29, 0.717) is 30.6 Å². The number of hydrogen-bond donors (Lipinski definition) is 2. The molecule has 9 heteroatoms. The predicted molar refractivity (Wildman–Crippen MR) is 152 cm³/mol. The number of fused-ring (bicyclic) bond motifs is 4. The monoisotopic (exact) mass is 570 g/mol. The number of hydrogen-bond acceptors (Lipinski definition) is 6. The molecule has 7 nitrogen and oxygen atoms in total. The Morgan fingerprint density at radius 2 is 1.90 bits per heavy atom. The van der Waals surface area contributed by atoms with Crippen LogP contribution in [0.1, 0.15) is 60.0 Å². The van der Waals surface area contributed by atoms with Crippen molar-refractivity contribution in [2.45, 2.75) is 56.5 Å². The first kappa shape index (κ1) is 26.7. The molecule has 2 aromatic rings. The van der Waals surface area contributed by atoms with Gasteiger partial charge in [-0.3, -0.25) is 4.79 Å². The van der Waals surface area contributed by atoms with Crippen molar-refractivity contribution in [3.05, 3.63) is 70.3 Å². The Balaban J connectivity index is 1.40. The number of carbonyl (C=O) groups is 1. The van der Waals surface area contributed by atoms with E-state index in [0.717, 1.165) is 62.3 Å². The highest BCUT2D eigenvalue weighted by Crippen LogP contribution is 2.46. The van der Waals surface area contributed by atoms with Crippen LogP contribution in [0.5, 0.6) is 5.75 Å². The van der Waals surface area contributed by atoms with E-state index < -0.39 is 22.0 Å². The summed E-state index contributed by atoms with van der Waals surface area (Å²) < 4.78 is 33.8. The molecule has 2 aromatic carbocycles. The molecule has 2 N–H and O–H groups in total. The average molecular weight is 571 g/mol. The average Bonchev–Trinajstić information content (AvgIpc) is 3.03. The smallest absolute Gasteiger partial charge is 0.264 e. The highest BCUT2D eigenvalue weighted by molar-refractivity contribution is 7.90. The third-order valence-electron chi connectivity index (χ3n) is 9.08. The van der Waals surface area contributed by atoms with Crippen molar-refractivity contribution in [1.29, 1.82) is 0 Å².